The number of rotatable bonds is 13. The number of carbonyl (C=O) groups excluding carboxylic acids is 2. The van der Waals surface area contributed by atoms with Crippen molar-refractivity contribution < 1.29 is 29.4 Å². The molecule has 1 aliphatic carbocycles. The number of para-hydroxylation sites is 1. The molecule has 10 heteroatoms. The van der Waals surface area contributed by atoms with Crippen LogP contribution in [0, 0.1) is 29.1 Å². The number of ether oxygens (including phenoxy) is 1. The third kappa shape index (κ3) is 8.72. The van der Waals surface area contributed by atoms with Crippen LogP contribution < -0.4 is 20.3 Å². The molecule has 0 bridgehead atoms. The number of hydrogen-bond donors (Lipinski definition) is 4. The van der Waals surface area contributed by atoms with Gasteiger partial charge < -0.3 is 30.5 Å². The number of anilines is 1. The predicted molar refractivity (Wildman–Crippen MR) is 210 cm³/mol. The summed E-state index contributed by atoms with van der Waals surface area (Å²) < 4.78 is 6.06. The maximum absolute atomic E-state index is 14.3. The van der Waals surface area contributed by atoms with Crippen molar-refractivity contribution in [3.63, 3.8) is 0 Å². The lowest BCUT2D eigenvalue weighted by atomic mass is 9.58. The fourth-order valence-corrected chi connectivity index (χ4v) is 8.28. The third-order valence-electron chi connectivity index (χ3n) is 12.4. The molecule has 1 saturated heterocycles. The molecule has 4 N–H and O–H groups in total. The van der Waals surface area contributed by atoms with Gasteiger partial charge in [-0.2, -0.15) is 5.06 Å². The highest BCUT2D eigenvalue weighted by molar-refractivity contribution is 5.97. The van der Waals surface area contributed by atoms with E-state index in [0.29, 0.717) is 29.7 Å². The van der Waals surface area contributed by atoms with Gasteiger partial charge in [0.25, 0.3) is 5.91 Å². The summed E-state index contributed by atoms with van der Waals surface area (Å²) in [6, 6.07) is 20.7. The van der Waals surface area contributed by atoms with Crippen molar-refractivity contribution in [3.8, 4) is 16.9 Å². The summed E-state index contributed by atoms with van der Waals surface area (Å²) in [6.07, 6.45) is -0.0909. The Hall–Kier alpha value is -3.96. The number of methoxy groups -OCH3 is 1. The summed E-state index contributed by atoms with van der Waals surface area (Å²) in [4.78, 5) is 36.0. The fourth-order valence-electron chi connectivity index (χ4n) is 8.28. The monoisotopic (exact) mass is 728 g/mol. The third-order valence-corrected chi connectivity index (χ3v) is 12.4. The zero-order chi connectivity index (χ0) is 38.6. The molecular weight excluding hydrogens is 668 g/mol. The molecule has 0 unspecified atom stereocenters. The van der Waals surface area contributed by atoms with Crippen LogP contribution in [0.3, 0.4) is 0 Å². The van der Waals surface area contributed by atoms with Crippen molar-refractivity contribution >= 4 is 17.5 Å². The SMILES string of the molecule is COc1c(CN2O[C@@H](CO)[C@@H]([C@H](C)O)[C@H]2C(=O)N[C@H]2C[C@@H](C)C(C)(C)[C@@H](C)[C@@H]2C)cccc1-c1cc(C(=O)NCCc2ccccc2)cc(N(C)C)c1. The number of benzene rings is 3. The second-order valence-corrected chi connectivity index (χ2v) is 16.0. The number of hydrogen-bond acceptors (Lipinski definition) is 8. The molecule has 53 heavy (non-hydrogen) atoms. The van der Waals surface area contributed by atoms with Gasteiger partial charge in [-0.25, -0.2) is 0 Å². The van der Waals surface area contributed by atoms with E-state index in [1.165, 1.54) is 0 Å². The molecule has 288 valence electrons. The number of nitrogens with one attached hydrogen (secondary N) is 2. The number of aliphatic hydroxyl groups excluding tert-OH is 2. The number of aliphatic hydroxyl groups is 2. The Morgan fingerprint density at radius 2 is 1.77 bits per heavy atom. The van der Waals surface area contributed by atoms with E-state index in [1.807, 2.05) is 85.7 Å². The van der Waals surface area contributed by atoms with Crippen LogP contribution in [0.2, 0.25) is 0 Å². The number of carbonyl (C=O) groups is 2. The maximum atomic E-state index is 14.3. The van der Waals surface area contributed by atoms with Crippen LogP contribution in [0.5, 0.6) is 5.75 Å². The highest BCUT2D eigenvalue weighted by Gasteiger charge is 2.51. The smallest absolute Gasteiger partial charge is 0.251 e. The molecule has 10 nitrogen and oxygen atoms in total. The van der Waals surface area contributed by atoms with E-state index in [1.54, 1.807) is 19.1 Å². The van der Waals surface area contributed by atoms with Crippen LogP contribution in [0.4, 0.5) is 5.69 Å². The van der Waals surface area contributed by atoms with Gasteiger partial charge in [-0.3, -0.25) is 14.4 Å². The lowest BCUT2D eigenvalue weighted by Gasteiger charge is -2.50. The Morgan fingerprint density at radius 1 is 1.06 bits per heavy atom. The Bertz CT molecular complexity index is 1710. The second-order valence-electron chi connectivity index (χ2n) is 16.0. The van der Waals surface area contributed by atoms with Gasteiger partial charge in [0.2, 0.25) is 5.91 Å². The molecule has 0 spiro atoms. The summed E-state index contributed by atoms with van der Waals surface area (Å²) in [5, 5.41) is 29.3. The van der Waals surface area contributed by atoms with Gasteiger partial charge in [0.15, 0.2) is 0 Å². The van der Waals surface area contributed by atoms with Crippen LogP contribution in [0.1, 0.15) is 69.4 Å². The van der Waals surface area contributed by atoms with Crippen molar-refractivity contribution in [2.75, 3.05) is 39.3 Å². The minimum absolute atomic E-state index is 0.0308. The van der Waals surface area contributed by atoms with Gasteiger partial charge in [-0.15, -0.1) is 0 Å². The topological polar surface area (TPSA) is 124 Å². The number of amides is 2. The van der Waals surface area contributed by atoms with E-state index in [9.17, 15) is 19.8 Å². The predicted octanol–water partition coefficient (Wildman–Crippen LogP) is 5.70. The Morgan fingerprint density at radius 3 is 2.42 bits per heavy atom. The molecule has 2 aliphatic rings. The largest absolute Gasteiger partial charge is 0.496 e. The molecule has 3 aromatic rings. The lowest BCUT2D eigenvalue weighted by Crippen LogP contribution is -2.56. The van der Waals surface area contributed by atoms with E-state index >= 15 is 0 Å². The molecule has 1 aliphatic heterocycles. The summed E-state index contributed by atoms with van der Waals surface area (Å²) in [5.41, 5.74) is 5.02. The van der Waals surface area contributed by atoms with Crippen molar-refractivity contribution in [1.29, 1.82) is 0 Å². The molecule has 2 amide bonds. The summed E-state index contributed by atoms with van der Waals surface area (Å²) >= 11 is 0. The quantitative estimate of drug-likeness (QED) is 0.177. The molecule has 0 aromatic heterocycles. The summed E-state index contributed by atoms with van der Waals surface area (Å²) in [5.74, 6) is 0.590. The average molecular weight is 729 g/mol. The van der Waals surface area contributed by atoms with Crippen molar-refractivity contribution in [3.05, 3.63) is 83.4 Å². The first kappa shape index (κ1) is 40.2. The standard InChI is InChI=1S/C43H60N4O6/c1-26-20-36(27(2)28(3)43(26,5)6)45-42(51)39-38(29(4)49)37(25-48)53-47(39)24-31-16-13-17-35(40(31)52-9)32-21-33(23-34(22-32)46(7)8)41(50)44-19-18-30-14-11-10-12-15-30/h10-17,21-23,26-29,36-39,48-49H,18-20,24-25H2,1-9H3,(H,44,50)(H,45,51)/t26-,27+,28+,29+,36+,37+,38-,39+/m1/s1. The highest BCUT2D eigenvalue weighted by Crippen LogP contribution is 2.47. The van der Waals surface area contributed by atoms with Crippen LogP contribution in [0.15, 0.2) is 66.7 Å². The fraction of sp³-hybridized carbons (Fsp3) is 0.535. The van der Waals surface area contributed by atoms with Crippen LogP contribution in [0.25, 0.3) is 11.1 Å². The average Bonchev–Trinajstić information content (AvgIpc) is 3.52. The van der Waals surface area contributed by atoms with Crippen LogP contribution in [-0.4, -0.2) is 85.7 Å². The van der Waals surface area contributed by atoms with Crippen molar-refractivity contribution in [1.82, 2.24) is 15.7 Å². The molecule has 0 radical (unpaired) electrons. The van der Waals surface area contributed by atoms with Gasteiger partial charge in [-0.1, -0.05) is 83.1 Å². The molecule has 1 heterocycles. The first-order valence-corrected chi connectivity index (χ1v) is 19.0. The minimum atomic E-state index is -0.910. The molecule has 1 saturated carbocycles. The Kier molecular flexibility index (Phi) is 12.9. The maximum Gasteiger partial charge on any atom is 0.251 e. The molecular formula is C43H60N4O6. The minimum Gasteiger partial charge on any atom is -0.496 e. The zero-order valence-corrected chi connectivity index (χ0v) is 32.9. The van der Waals surface area contributed by atoms with E-state index < -0.39 is 24.2 Å². The van der Waals surface area contributed by atoms with E-state index in [-0.39, 0.29) is 42.3 Å². The van der Waals surface area contributed by atoms with Gasteiger partial charge >= 0.3 is 0 Å². The highest BCUT2D eigenvalue weighted by atomic mass is 16.7. The Balaban J connectivity index is 1.43. The molecule has 3 aromatic carbocycles. The first-order chi connectivity index (χ1) is 25.2. The zero-order valence-electron chi connectivity index (χ0n) is 32.9. The van der Waals surface area contributed by atoms with E-state index in [0.717, 1.165) is 40.8 Å². The molecule has 2 fully saturated rings. The molecule has 5 rings (SSSR count). The lowest BCUT2D eigenvalue weighted by molar-refractivity contribution is -0.182. The van der Waals surface area contributed by atoms with Crippen LogP contribution >= 0.6 is 0 Å². The van der Waals surface area contributed by atoms with Crippen LogP contribution in [-0.2, 0) is 22.6 Å². The number of nitrogens with zero attached hydrogens (tertiary/aromatic N) is 2. The van der Waals surface area contributed by atoms with E-state index in [4.69, 9.17) is 9.57 Å². The van der Waals surface area contributed by atoms with Gasteiger partial charge in [-0.05, 0) is 72.3 Å². The van der Waals surface area contributed by atoms with Gasteiger partial charge in [0, 0.05) is 55.0 Å². The number of hydroxylamine groups is 2. The van der Waals surface area contributed by atoms with Crippen molar-refractivity contribution in [2.45, 2.75) is 85.2 Å². The normalized spacial score (nSPS) is 26.1. The first-order valence-electron chi connectivity index (χ1n) is 19.0. The summed E-state index contributed by atoms with van der Waals surface area (Å²) in [6.45, 7) is 13.3. The second kappa shape index (κ2) is 17.0. The van der Waals surface area contributed by atoms with Gasteiger partial charge in [0.05, 0.1) is 26.4 Å². The summed E-state index contributed by atoms with van der Waals surface area (Å²) in [7, 11) is 5.48. The van der Waals surface area contributed by atoms with Crippen molar-refractivity contribution in [2.24, 2.45) is 29.1 Å². The molecule has 8 atom stereocenters. The Labute approximate surface area is 315 Å². The van der Waals surface area contributed by atoms with Gasteiger partial charge in [0.1, 0.15) is 17.9 Å². The van der Waals surface area contributed by atoms with E-state index in [2.05, 4.69) is 45.3 Å².